The fourth-order valence-corrected chi connectivity index (χ4v) is 3.47. The van der Waals surface area contributed by atoms with E-state index in [0.717, 1.165) is 27.0 Å². The highest BCUT2D eigenvalue weighted by molar-refractivity contribution is 7.98. The molecule has 2 heterocycles. The number of carbonyl (C=O) groups excluding carboxylic acids is 1. The molecular weight excluding hydrogens is 420 g/mol. The number of furan rings is 1. The highest BCUT2D eigenvalue weighted by Crippen LogP contribution is 2.34. The van der Waals surface area contributed by atoms with Crippen LogP contribution in [-0.2, 0) is 0 Å². The molecule has 0 saturated carbocycles. The van der Waals surface area contributed by atoms with Crippen LogP contribution < -0.4 is 11.1 Å². The van der Waals surface area contributed by atoms with Crippen LogP contribution in [0.1, 0.15) is 15.9 Å². The predicted molar refractivity (Wildman–Crippen MR) is 124 cm³/mol. The van der Waals surface area contributed by atoms with Gasteiger partial charge >= 0.3 is 0 Å². The number of amidine groups is 1. The smallest absolute Gasteiger partial charge is 0.256 e. The van der Waals surface area contributed by atoms with Gasteiger partial charge in [0, 0.05) is 22.9 Å². The van der Waals surface area contributed by atoms with Crippen molar-refractivity contribution in [1.29, 1.82) is 5.41 Å². The first-order chi connectivity index (χ1) is 14.0. The third kappa shape index (κ3) is 4.32. The predicted octanol–water partition coefficient (Wildman–Crippen LogP) is 5.17. The molecule has 0 radical (unpaired) electrons. The summed E-state index contributed by atoms with van der Waals surface area (Å²) in [6, 6.07) is 16.4. The number of rotatable bonds is 5. The molecule has 6 nitrogen and oxygen atoms in total. The molecule has 0 aliphatic carbocycles. The number of nitrogens with one attached hydrogen (secondary N) is 2. The van der Waals surface area contributed by atoms with Crippen LogP contribution in [-0.4, -0.2) is 23.0 Å². The van der Waals surface area contributed by atoms with Crippen LogP contribution in [0.25, 0.3) is 21.9 Å². The van der Waals surface area contributed by atoms with Gasteiger partial charge in [0.05, 0.1) is 6.26 Å². The Morgan fingerprint density at radius 1 is 1.13 bits per heavy atom. The molecule has 8 heteroatoms. The minimum absolute atomic E-state index is 0. The van der Waals surface area contributed by atoms with Gasteiger partial charge in [0.15, 0.2) is 5.09 Å². The Hall–Kier alpha value is -3.29. The van der Waals surface area contributed by atoms with E-state index in [-0.39, 0.29) is 24.1 Å². The lowest BCUT2D eigenvalue weighted by Gasteiger charge is -2.11. The highest BCUT2D eigenvalue weighted by Gasteiger charge is 2.15. The van der Waals surface area contributed by atoms with E-state index in [1.54, 1.807) is 30.7 Å². The molecule has 4 aromatic rings. The average Bonchev–Trinajstić information content (AvgIpc) is 3.22. The van der Waals surface area contributed by atoms with Crippen LogP contribution in [0.5, 0.6) is 0 Å². The zero-order valence-electron chi connectivity index (χ0n) is 16.0. The number of hydrogen-bond acceptors (Lipinski definition) is 5. The van der Waals surface area contributed by atoms with Crippen molar-refractivity contribution in [2.75, 3.05) is 11.6 Å². The minimum atomic E-state index is -0.254. The number of nitrogens with two attached hydrogens (primary N) is 1. The van der Waals surface area contributed by atoms with Crippen molar-refractivity contribution in [3.8, 4) is 11.1 Å². The second-order valence-electron chi connectivity index (χ2n) is 6.40. The first-order valence-electron chi connectivity index (χ1n) is 8.82. The number of benzene rings is 2. The fourth-order valence-electron chi connectivity index (χ4n) is 3.09. The average molecular weight is 439 g/mol. The lowest BCUT2D eigenvalue weighted by Crippen LogP contribution is -2.13. The molecule has 0 fully saturated rings. The maximum atomic E-state index is 12.8. The molecule has 0 bridgehead atoms. The first kappa shape index (κ1) is 21.4. The van der Waals surface area contributed by atoms with Gasteiger partial charge in [0.25, 0.3) is 5.91 Å². The zero-order valence-corrected chi connectivity index (χ0v) is 17.6. The van der Waals surface area contributed by atoms with Crippen LogP contribution in [0.4, 0.5) is 5.82 Å². The van der Waals surface area contributed by atoms with Crippen molar-refractivity contribution in [2.45, 2.75) is 5.09 Å². The van der Waals surface area contributed by atoms with Crippen LogP contribution in [0.3, 0.4) is 0 Å². The van der Waals surface area contributed by atoms with Gasteiger partial charge in [0.1, 0.15) is 11.7 Å². The number of anilines is 1. The minimum Gasteiger partial charge on any atom is -0.458 e. The van der Waals surface area contributed by atoms with Crippen LogP contribution in [0, 0.1) is 5.41 Å². The molecule has 1 amide bonds. The fraction of sp³-hybridized carbons (Fsp3) is 0.0455. The Morgan fingerprint density at radius 2 is 1.97 bits per heavy atom. The molecule has 0 unspecified atom stereocenters. The number of nitrogens with zero attached hydrogens (tertiary/aromatic N) is 1. The molecule has 4 N–H and O–H groups in total. The summed E-state index contributed by atoms with van der Waals surface area (Å²) in [6.45, 7) is 0. The van der Waals surface area contributed by atoms with Gasteiger partial charge < -0.3 is 15.5 Å². The zero-order chi connectivity index (χ0) is 20.4. The molecule has 0 aliphatic rings. The number of hydrogen-bond donors (Lipinski definition) is 3. The lowest BCUT2D eigenvalue weighted by molar-refractivity contribution is 0.102. The number of amides is 1. The second kappa shape index (κ2) is 9.02. The van der Waals surface area contributed by atoms with Crippen molar-refractivity contribution >= 4 is 52.5 Å². The standard InChI is InChI=1S/C22H18N4O2S.ClH/c1-29-20-11-16(12-28-20)18-10-15(22(27)26-19-4-2-3-7-25-19)8-13-5-6-14(21(23)24)9-17(13)18;/h2-12H,1H3,(H3,23,24)(H,25,26,27);1H. The topological polar surface area (TPSA) is 105 Å². The number of aromatic nitrogens is 1. The Balaban J connectivity index is 0.00000256. The van der Waals surface area contributed by atoms with Gasteiger partial charge in [-0.2, -0.15) is 0 Å². The Morgan fingerprint density at radius 3 is 2.63 bits per heavy atom. The Bertz CT molecular complexity index is 1220. The van der Waals surface area contributed by atoms with Crippen molar-refractivity contribution in [3.05, 3.63) is 78.2 Å². The highest BCUT2D eigenvalue weighted by atomic mass is 35.5. The van der Waals surface area contributed by atoms with E-state index in [9.17, 15) is 4.79 Å². The molecular formula is C22H19ClN4O2S. The van der Waals surface area contributed by atoms with E-state index in [1.807, 2.05) is 42.7 Å². The second-order valence-corrected chi connectivity index (χ2v) is 7.21. The summed E-state index contributed by atoms with van der Waals surface area (Å²) in [4.78, 5) is 17.0. The van der Waals surface area contributed by atoms with Gasteiger partial charge in [-0.15, -0.1) is 12.4 Å². The molecule has 0 aliphatic heterocycles. The van der Waals surface area contributed by atoms with Crippen molar-refractivity contribution in [2.24, 2.45) is 5.73 Å². The van der Waals surface area contributed by atoms with Gasteiger partial charge in [-0.05, 0) is 59.0 Å². The van der Waals surface area contributed by atoms with Gasteiger partial charge in [-0.1, -0.05) is 30.0 Å². The number of fused-ring (bicyclic) bond motifs is 1. The first-order valence-corrected chi connectivity index (χ1v) is 10.0. The maximum Gasteiger partial charge on any atom is 0.256 e. The van der Waals surface area contributed by atoms with Gasteiger partial charge in [-0.25, -0.2) is 4.98 Å². The molecule has 0 atom stereocenters. The van der Waals surface area contributed by atoms with E-state index < -0.39 is 0 Å². The summed E-state index contributed by atoms with van der Waals surface area (Å²) in [7, 11) is 0. The molecule has 0 spiro atoms. The monoisotopic (exact) mass is 438 g/mol. The normalized spacial score (nSPS) is 10.4. The number of halogens is 1. The SMILES string of the molecule is CSc1cc(-c2cc(C(=O)Nc3ccccn3)cc3ccc(C(=N)N)cc23)co1.Cl. The maximum absolute atomic E-state index is 12.8. The van der Waals surface area contributed by atoms with Crippen LogP contribution in [0.2, 0.25) is 0 Å². The molecule has 2 aromatic heterocycles. The summed E-state index contributed by atoms with van der Waals surface area (Å²) in [5.41, 5.74) is 8.49. The van der Waals surface area contributed by atoms with Crippen molar-refractivity contribution in [3.63, 3.8) is 0 Å². The lowest BCUT2D eigenvalue weighted by atomic mass is 9.95. The largest absolute Gasteiger partial charge is 0.458 e. The molecule has 152 valence electrons. The number of carbonyl (C=O) groups is 1. The Labute approximate surface area is 183 Å². The molecule has 0 saturated heterocycles. The molecule has 30 heavy (non-hydrogen) atoms. The quantitative estimate of drug-likeness (QED) is 0.226. The Kier molecular flexibility index (Phi) is 6.44. The summed E-state index contributed by atoms with van der Waals surface area (Å²) in [6.07, 6.45) is 5.23. The van der Waals surface area contributed by atoms with Gasteiger partial charge in [0.2, 0.25) is 0 Å². The summed E-state index contributed by atoms with van der Waals surface area (Å²) in [5, 5.41) is 13.1. The summed E-state index contributed by atoms with van der Waals surface area (Å²) < 4.78 is 5.58. The van der Waals surface area contributed by atoms with Crippen molar-refractivity contribution < 1.29 is 9.21 Å². The number of thioether (sulfide) groups is 1. The van der Waals surface area contributed by atoms with Crippen LogP contribution in [0.15, 0.2) is 76.6 Å². The third-order valence-corrected chi connectivity index (χ3v) is 5.14. The molecule has 4 rings (SSSR count). The van der Waals surface area contributed by atoms with E-state index in [0.29, 0.717) is 16.9 Å². The number of nitrogen functional groups attached to an aromatic ring is 1. The van der Waals surface area contributed by atoms with Gasteiger partial charge in [-0.3, -0.25) is 10.2 Å². The van der Waals surface area contributed by atoms with E-state index in [2.05, 4.69) is 10.3 Å². The number of pyridine rings is 1. The third-order valence-electron chi connectivity index (χ3n) is 4.52. The van der Waals surface area contributed by atoms with E-state index >= 15 is 0 Å². The van der Waals surface area contributed by atoms with Crippen LogP contribution >= 0.6 is 24.2 Å². The summed E-state index contributed by atoms with van der Waals surface area (Å²) >= 11 is 1.50. The molecule has 2 aromatic carbocycles. The van der Waals surface area contributed by atoms with E-state index in [4.69, 9.17) is 15.6 Å². The van der Waals surface area contributed by atoms with E-state index in [1.165, 1.54) is 11.8 Å². The van der Waals surface area contributed by atoms with Crippen molar-refractivity contribution in [1.82, 2.24) is 4.98 Å². The summed E-state index contributed by atoms with van der Waals surface area (Å²) in [5.74, 6) is 0.224.